The zero-order valence-corrected chi connectivity index (χ0v) is 12.1. The van der Waals surface area contributed by atoms with E-state index in [1.54, 1.807) is 0 Å². The topological polar surface area (TPSA) is 41.1 Å². The fourth-order valence-corrected chi connectivity index (χ4v) is 3.88. The van der Waals surface area contributed by atoms with Gasteiger partial charge in [-0.1, -0.05) is 11.4 Å². The highest BCUT2D eigenvalue weighted by Gasteiger charge is 2.20. The second-order valence-corrected chi connectivity index (χ2v) is 6.38. The Kier molecular flexibility index (Phi) is 5.06. The normalized spacial score (nSPS) is 21.6. The Bertz CT molecular complexity index is 342. The molecule has 17 heavy (non-hydrogen) atoms. The molecule has 1 aromatic rings. The minimum Gasteiger partial charge on any atom is -0.374 e. The number of hydrogen-bond donors (Lipinski definition) is 1. The van der Waals surface area contributed by atoms with Crippen LogP contribution in [0, 0.1) is 0 Å². The lowest BCUT2D eigenvalue weighted by Crippen LogP contribution is -2.37. The van der Waals surface area contributed by atoms with Crippen LogP contribution in [0.3, 0.4) is 0 Å². The number of aromatic nitrogens is 2. The first-order valence-electron chi connectivity index (χ1n) is 6.22. The Morgan fingerprint density at radius 3 is 3.12 bits per heavy atom. The van der Waals surface area contributed by atoms with Gasteiger partial charge < -0.3 is 5.32 Å². The third-order valence-corrected chi connectivity index (χ3v) is 5.04. The van der Waals surface area contributed by atoms with Crippen molar-refractivity contribution in [2.75, 3.05) is 30.7 Å². The molecule has 0 spiro atoms. The van der Waals surface area contributed by atoms with Crippen LogP contribution in [-0.4, -0.2) is 45.1 Å². The van der Waals surface area contributed by atoms with Crippen molar-refractivity contribution in [3.63, 3.8) is 0 Å². The number of nitrogens with zero attached hydrogens (tertiary/aromatic N) is 3. The van der Waals surface area contributed by atoms with E-state index in [0.717, 1.165) is 29.0 Å². The van der Waals surface area contributed by atoms with Gasteiger partial charge in [0.15, 0.2) is 0 Å². The van der Waals surface area contributed by atoms with Gasteiger partial charge in [0.25, 0.3) is 0 Å². The summed E-state index contributed by atoms with van der Waals surface area (Å²) in [5.74, 6) is 1.24. The molecule has 0 amide bonds. The summed E-state index contributed by atoms with van der Waals surface area (Å²) in [6, 6.07) is 0. The Labute approximate surface area is 111 Å². The summed E-state index contributed by atoms with van der Waals surface area (Å²) in [5, 5.41) is 9.50. The Morgan fingerprint density at radius 1 is 1.47 bits per heavy atom. The Balaban J connectivity index is 1.93. The predicted octanol–water partition coefficient (Wildman–Crippen LogP) is 2.30. The quantitative estimate of drug-likeness (QED) is 0.890. The summed E-state index contributed by atoms with van der Waals surface area (Å²) in [6.07, 6.45) is 1.26. The Morgan fingerprint density at radius 2 is 2.35 bits per heavy atom. The molecule has 4 nitrogen and oxygen atoms in total. The Hall–Kier alpha value is -0.330. The maximum absolute atomic E-state index is 4.24. The molecule has 1 unspecified atom stereocenters. The first-order chi connectivity index (χ1) is 8.33. The van der Waals surface area contributed by atoms with Gasteiger partial charge in [-0.2, -0.15) is 11.8 Å². The van der Waals surface area contributed by atoms with Crippen molar-refractivity contribution in [1.82, 2.24) is 14.5 Å². The minimum absolute atomic E-state index is 0.790. The van der Waals surface area contributed by atoms with Crippen LogP contribution < -0.4 is 5.32 Å². The van der Waals surface area contributed by atoms with Crippen molar-refractivity contribution in [2.45, 2.75) is 32.1 Å². The number of rotatable bonds is 5. The van der Waals surface area contributed by atoms with E-state index in [4.69, 9.17) is 0 Å². The highest BCUT2D eigenvalue weighted by Crippen LogP contribution is 2.24. The molecule has 0 bridgehead atoms. The number of nitrogens with one attached hydrogen (secondary N) is 1. The summed E-state index contributed by atoms with van der Waals surface area (Å²) in [5.41, 5.74) is 1.11. The fraction of sp³-hybridized carbons (Fsp3) is 0.818. The molecule has 0 aromatic carbocycles. The third-order valence-electron chi connectivity index (χ3n) is 2.94. The molecule has 0 aliphatic carbocycles. The van der Waals surface area contributed by atoms with E-state index < -0.39 is 0 Å². The van der Waals surface area contributed by atoms with Crippen LogP contribution >= 0.6 is 23.3 Å². The van der Waals surface area contributed by atoms with Crippen LogP contribution in [0.1, 0.15) is 26.0 Å². The van der Waals surface area contributed by atoms with Gasteiger partial charge in [0.2, 0.25) is 0 Å². The smallest absolute Gasteiger partial charge is 0.134 e. The summed E-state index contributed by atoms with van der Waals surface area (Å²) < 4.78 is 4.04. The van der Waals surface area contributed by atoms with Crippen molar-refractivity contribution >= 4 is 28.3 Å². The minimum atomic E-state index is 0.790. The van der Waals surface area contributed by atoms with Crippen LogP contribution in [0.2, 0.25) is 0 Å². The van der Waals surface area contributed by atoms with E-state index in [0.29, 0.717) is 0 Å². The maximum Gasteiger partial charge on any atom is 0.134 e. The summed E-state index contributed by atoms with van der Waals surface area (Å²) >= 11 is 3.57. The fourth-order valence-electron chi connectivity index (χ4n) is 1.99. The van der Waals surface area contributed by atoms with Crippen LogP contribution in [0.25, 0.3) is 0 Å². The predicted molar refractivity (Wildman–Crippen MR) is 75.9 cm³/mol. The zero-order chi connectivity index (χ0) is 12.1. The van der Waals surface area contributed by atoms with Crippen molar-refractivity contribution in [1.29, 1.82) is 0 Å². The lowest BCUT2D eigenvalue weighted by Gasteiger charge is -2.31. The zero-order valence-electron chi connectivity index (χ0n) is 10.5. The van der Waals surface area contributed by atoms with Crippen molar-refractivity contribution in [2.24, 2.45) is 0 Å². The van der Waals surface area contributed by atoms with Crippen LogP contribution in [0.4, 0.5) is 5.00 Å². The van der Waals surface area contributed by atoms with E-state index >= 15 is 0 Å². The summed E-state index contributed by atoms with van der Waals surface area (Å²) in [6.45, 7) is 8.61. The molecule has 6 heteroatoms. The number of hydrogen-bond acceptors (Lipinski definition) is 6. The van der Waals surface area contributed by atoms with Gasteiger partial charge in [0.1, 0.15) is 10.7 Å². The third kappa shape index (κ3) is 3.56. The molecule has 1 fully saturated rings. The van der Waals surface area contributed by atoms with Crippen LogP contribution in [0.5, 0.6) is 0 Å². The summed E-state index contributed by atoms with van der Waals surface area (Å²) in [4.78, 5) is 2.50. The van der Waals surface area contributed by atoms with E-state index in [2.05, 4.69) is 45.4 Å². The van der Waals surface area contributed by atoms with Gasteiger partial charge in [0.05, 0.1) is 0 Å². The molecule has 0 saturated carbocycles. The molecule has 1 saturated heterocycles. The average Bonchev–Trinajstić information content (AvgIpc) is 2.78. The molecular formula is C11H20N4S2. The van der Waals surface area contributed by atoms with Crippen LogP contribution in [-0.2, 0) is 6.54 Å². The number of anilines is 1. The highest BCUT2D eigenvalue weighted by atomic mass is 32.2. The molecule has 0 radical (unpaired) electrons. The van der Waals surface area contributed by atoms with Crippen LogP contribution in [0.15, 0.2) is 0 Å². The van der Waals surface area contributed by atoms with Gasteiger partial charge in [0, 0.05) is 48.7 Å². The average molecular weight is 272 g/mol. The SMILES string of the molecule is CCNc1snnc1CN1CCSC(CC)C1. The standard InChI is InChI=1S/C11H20N4S2/c1-3-9-7-15(5-6-16-9)8-10-11(12-4-2)17-14-13-10/h9,12H,3-8H2,1-2H3. The lowest BCUT2D eigenvalue weighted by atomic mass is 10.3. The first-order valence-corrected chi connectivity index (χ1v) is 8.04. The number of thioether (sulfide) groups is 1. The molecule has 2 heterocycles. The van der Waals surface area contributed by atoms with E-state index in [-0.39, 0.29) is 0 Å². The molecule has 1 aliphatic heterocycles. The second kappa shape index (κ2) is 6.56. The van der Waals surface area contributed by atoms with Gasteiger partial charge in [-0.05, 0) is 13.3 Å². The summed E-state index contributed by atoms with van der Waals surface area (Å²) in [7, 11) is 0. The molecular weight excluding hydrogens is 252 g/mol. The largest absolute Gasteiger partial charge is 0.374 e. The van der Waals surface area contributed by atoms with E-state index in [1.807, 2.05) is 0 Å². The molecule has 1 N–H and O–H groups in total. The second-order valence-electron chi connectivity index (χ2n) is 4.22. The van der Waals surface area contributed by atoms with Crippen molar-refractivity contribution < 1.29 is 0 Å². The molecule has 96 valence electrons. The monoisotopic (exact) mass is 272 g/mol. The molecule has 1 atom stereocenters. The van der Waals surface area contributed by atoms with Gasteiger partial charge >= 0.3 is 0 Å². The first kappa shape index (κ1) is 13.1. The highest BCUT2D eigenvalue weighted by molar-refractivity contribution is 8.00. The molecule has 2 rings (SSSR count). The van der Waals surface area contributed by atoms with Crippen molar-refractivity contribution in [3.05, 3.63) is 5.69 Å². The molecule has 1 aliphatic rings. The van der Waals surface area contributed by atoms with E-state index in [9.17, 15) is 0 Å². The molecule has 1 aromatic heterocycles. The van der Waals surface area contributed by atoms with E-state index in [1.165, 1.54) is 36.8 Å². The maximum atomic E-state index is 4.24. The van der Waals surface area contributed by atoms with Gasteiger partial charge in [-0.25, -0.2) is 0 Å². The lowest BCUT2D eigenvalue weighted by molar-refractivity contribution is 0.270. The van der Waals surface area contributed by atoms with Gasteiger partial charge in [-0.15, -0.1) is 5.10 Å². The van der Waals surface area contributed by atoms with Gasteiger partial charge in [-0.3, -0.25) is 4.90 Å². The van der Waals surface area contributed by atoms with Crippen molar-refractivity contribution in [3.8, 4) is 0 Å².